The Morgan fingerprint density at radius 2 is 1.86 bits per heavy atom. The molecule has 8 heteroatoms. The average Bonchev–Trinajstić information content (AvgIpc) is 3.39. The zero-order valence-corrected chi connectivity index (χ0v) is 19.1. The summed E-state index contributed by atoms with van der Waals surface area (Å²) in [6, 6.07) is 16.7. The van der Waals surface area contributed by atoms with Crippen molar-refractivity contribution in [2.75, 3.05) is 11.5 Å². The van der Waals surface area contributed by atoms with Gasteiger partial charge in [-0.05, 0) is 67.4 Å². The van der Waals surface area contributed by atoms with Crippen LogP contribution in [0.25, 0.3) is 16.8 Å². The Hall–Kier alpha value is -4.46. The van der Waals surface area contributed by atoms with Crippen LogP contribution < -0.4 is 9.64 Å². The normalized spacial score (nSPS) is 17.3. The van der Waals surface area contributed by atoms with E-state index < -0.39 is 23.5 Å². The highest BCUT2D eigenvalue weighted by atomic mass is 19.1. The standard InChI is InChI=1S/C27H22FN3O4/c1-3-35-21-13-10-17(14-15(21)2)24(32)22-23(16-8-11-18(28)12-9-16)31(26(34)25(22)33)27-29-19-6-4-5-7-20(19)30-27/h4-14,23,32H,3H2,1-2H3,(H,29,30)/b24-22+. The first-order chi connectivity index (χ1) is 16.9. The largest absolute Gasteiger partial charge is 0.507 e. The van der Waals surface area contributed by atoms with Crippen LogP contribution in [0.2, 0.25) is 0 Å². The van der Waals surface area contributed by atoms with Gasteiger partial charge in [-0.25, -0.2) is 9.37 Å². The highest BCUT2D eigenvalue weighted by Crippen LogP contribution is 2.42. The average molecular weight is 471 g/mol. The monoisotopic (exact) mass is 471 g/mol. The van der Waals surface area contributed by atoms with Crippen molar-refractivity contribution in [2.24, 2.45) is 0 Å². The number of ether oxygens (including phenoxy) is 1. The summed E-state index contributed by atoms with van der Waals surface area (Å²) < 4.78 is 19.3. The number of aliphatic hydroxyl groups is 1. The molecule has 1 aromatic heterocycles. The molecule has 0 bridgehead atoms. The van der Waals surface area contributed by atoms with Crippen LogP contribution in [0, 0.1) is 12.7 Å². The van der Waals surface area contributed by atoms with Gasteiger partial charge in [0, 0.05) is 5.56 Å². The van der Waals surface area contributed by atoms with E-state index in [9.17, 15) is 19.1 Å². The number of halogens is 1. The topological polar surface area (TPSA) is 95.5 Å². The van der Waals surface area contributed by atoms with Crippen LogP contribution in [-0.4, -0.2) is 33.4 Å². The molecule has 5 rings (SSSR count). The van der Waals surface area contributed by atoms with Gasteiger partial charge in [-0.15, -0.1) is 0 Å². The molecular weight excluding hydrogens is 449 g/mol. The van der Waals surface area contributed by atoms with Crippen molar-refractivity contribution < 1.29 is 23.8 Å². The first-order valence-corrected chi connectivity index (χ1v) is 11.1. The molecular formula is C27H22FN3O4. The Bertz CT molecular complexity index is 1460. The maximum atomic E-state index is 13.7. The zero-order chi connectivity index (χ0) is 24.7. The predicted molar refractivity (Wildman–Crippen MR) is 130 cm³/mol. The number of anilines is 1. The number of para-hydroxylation sites is 2. The summed E-state index contributed by atoms with van der Waals surface area (Å²) in [6.07, 6.45) is 0. The molecule has 1 fully saturated rings. The third-order valence-electron chi connectivity index (χ3n) is 5.98. The Morgan fingerprint density at radius 3 is 2.54 bits per heavy atom. The molecule has 2 N–H and O–H groups in total. The number of hydrogen-bond donors (Lipinski definition) is 2. The molecule has 1 aliphatic rings. The number of H-pyrrole nitrogens is 1. The lowest BCUT2D eigenvalue weighted by Gasteiger charge is -2.23. The number of ketones is 1. The predicted octanol–water partition coefficient (Wildman–Crippen LogP) is 5.04. The Labute approximate surface area is 200 Å². The number of aromatic nitrogens is 2. The van der Waals surface area contributed by atoms with E-state index >= 15 is 0 Å². The number of benzene rings is 3. The van der Waals surface area contributed by atoms with E-state index in [4.69, 9.17) is 4.74 Å². The van der Waals surface area contributed by atoms with Crippen molar-refractivity contribution in [3.05, 3.63) is 94.8 Å². The lowest BCUT2D eigenvalue weighted by Crippen LogP contribution is -2.30. The van der Waals surface area contributed by atoms with Gasteiger partial charge >= 0.3 is 5.91 Å². The zero-order valence-electron chi connectivity index (χ0n) is 19.1. The first kappa shape index (κ1) is 22.3. The van der Waals surface area contributed by atoms with E-state index in [1.165, 1.54) is 29.2 Å². The summed E-state index contributed by atoms with van der Waals surface area (Å²) in [7, 11) is 0. The number of aliphatic hydroxyl groups excluding tert-OH is 1. The smallest absolute Gasteiger partial charge is 0.302 e. The second-order valence-corrected chi connectivity index (χ2v) is 8.21. The van der Waals surface area contributed by atoms with E-state index in [1.807, 2.05) is 26.0 Å². The third kappa shape index (κ3) is 3.82. The Kier molecular flexibility index (Phi) is 5.56. The molecule has 176 valence electrons. The van der Waals surface area contributed by atoms with Gasteiger partial charge in [0.2, 0.25) is 5.95 Å². The van der Waals surface area contributed by atoms with Crippen LogP contribution in [0.15, 0.2) is 72.3 Å². The number of nitrogens with zero attached hydrogens (tertiary/aromatic N) is 2. The van der Waals surface area contributed by atoms with Gasteiger partial charge < -0.3 is 14.8 Å². The number of Topliss-reactive ketones (excluding diaryl/α,β-unsaturated/α-hetero) is 1. The Morgan fingerprint density at radius 1 is 1.11 bits per heavy atom. The number of rotatable bonds is 5. The summed E-state index contributed by atoms with van der Waals surface area (Å²) in [5, 5.41) is 11.3. The first-order valence-electron chi connectivity index (χ1n) is 11.1. The fourth-order valence-electron chi connectivity index (χ4n) is 4.33. The number of nitrogens with one attached hydrogen (secondary N) is 1. The van der Waals surface area contributed by atoms with Crippen molar-refractivity contribution in [1.82, 2.24) is 9.97 Å². The minimum Gasteiger partial charge on any atom is -0.507 e. The second-order valence-electron chi connectivity index (χ2n) is 8.21. The van der Waals surface area contributed by atoms with Gasteiger partial charge in [-0.2, -0.15) is 0 Å². The fraction of sp³-hybridized carbons (Fsp3) is 0.148. The molecule has 2 heterocycles. The quantitative estimate of drug-likeness (QED) is 0.242. The van der Waals surface area contributed by atoms with Crippen LogP contribution in [0.4, 0.5) is 10.3 Å². The summed E-state index contributed by atoms with van der Waals surface area (Å²) >= 11 is 0. The van der Waals surface area contributed by atoms with E-state index in [2.05, 4.69) is 9.97 Å². The van der Waals surface area contributed by atoms with E-state index in [1.54, 1.807) is 30.3 Å². The molecule has 1 atom stereocenters. The highest BCUT2D eigenvalue weighted by Gasteiger charge is 2.48. The van der Waals surface area contributed by atoms with Gasteiger partial charge in [0.25, 0.3) is 5.78 Å². The van der Waals surface area contributed by atoms with Crippen LogP contribution in [0.1, 0.15) is 29.7 Å². The van der Waals surface area contributed by atoms with E-state index in [0.29, 0.717) is 34.5 Å². The number of fused-ring (bicyclic) bond motifs is 1. The molecule has 7 nitrogen and oxygen atoms in total. The molecule has 3 aromatic carbocycles. The number of carbonyl (C=O) groups is 2. The number of aromatic amines is 1. The summed E-state index contributed by atoms with van der Waals surface area (Å²) in [4.78, 5) is 35.3. The van der Waals surface area contributed by atoms with Crippen LogP contribution in [-0.2, 0) is 9.59 Å². The van der Waals surface area contributed by atoms with E-state index in [-0.39, 0.29) is 17.3 Å². The molecule has 0 radical (unpaired) electrons. The number of hydrogen-bond acceptors (Lipinski definition) is 5. The van der Waals surface area contributed by atoms with Crippen molar-refractivity contribution in [1.29, 1.82) is 0 Å². The molecule has 4 aromatic rings. The molecule has 0 spiro atoms. The maximum Gasteiger partial charge on any atom is 0.302 e. The molecule has 0 aliphatic carbocycles. The van der Waals surface area contributed by atoms with E-state index in [0.717, 1.165) is 5.56 Å². The van der Waals surface area contributed by atoms with Gasteiger partial charge in [-0.3, -0.25) is 14.5 Å². The van der Waals surface area contributed by atoms with Gasteiger partial charge in [-0.1, -0.05) is 24.3 Å². The summed E-state index contributed by atoms with van der Waals surface area (Å²) in [5.74, 6) is -1.68. The molecule has 1 aliphatic heterocycles. The SMILES string of the molecule is CCOc1ccc(/C(O)=C2\C(=O)C(=O)N(c3nc4ccccc4[nH]3)C2c2ccc(F)cc2)cc1C. The van der Waals surface area contributed by atoms with Crippen molar-refractivity contribution in [3.63, 3.8) is 0 Å². The van der Waals surface area contributed by atoms with Crippen molar-refractivity contribution in [3.8, 4) is 5.75 Å². The molecule has 1 unspecified atom stereocenters. The van der Waals surface area contributed by atoms with Gasteiger partial charge in [0.05, 0.1) is 29.3 Å². The lowest BCUT2D eigenvalue weighted by molar-refractivity contribution is -0.132. The highest BCUT2D eigenvalue weighted by molar-refractivity contribution is 6.51. The number of imidazole rings is 1. The molecule has 1 saturated heterocycles. The molecule has 0 saturated carbocycles. The van der Waals surface area contributed by atoms with Gasteiger partial charge in [0.1, 0.15) is 17.3 Å². The summed E-state index contributed by atoms with van der Waals surface area (Å²) in [5.41, 5.74) is 2.77. The molecule has 35 heavy (non-hydrogen) atoms. The second kappa shape index (κ2) is 8.72. The van der Waals surface area contributed by atoms with Crippen LogP contribution >= 0.6 is 0 Å². The van der Waals surface area contributed by atoms with Crippen LogP contribution in [0.3, 0.4) is 0 Å². The number of carbonyl (C=O) groups excluding carboxylic acids is 2. The number of amides is 1. The van der Waals surface area contributed by atoms with Gasteiger partial charge in [0.15, 0.2) is 0 Å². The summed E-state index contributed by atoms with van der Waals surface area (Å²) in [6.45, 7) is 4.18. The van der Waals surface area contributed by atoms with Crippen molar-refractivity contribution >= 4 is 34.4 Å². The van der Waals surface area contributed by atoms with Crippen LogP contribution in [0.5, 0.6) is 5.75 Å². The van der Waals surface area contributed by atoms with Crippen molar-refractivity contribution in [2.45, 2.75) is 19.9 Å². The lowest BCUT2D eigenvalue weighted by atomic mass is 9.95. The minimum absolute atomic E-state index is 0.106. The fourth-order valence-corrected chi connectivity index (χ4v) is 4.33. The Balaban J connectivity index is 1.70. The molecule has 1 amide bonds. The maximum absolute atomic E-state index is 13.7. The third-order valence-corrected chi connectivity index (χ3v) is 5.98. The number of aryl methyl sites for hydroxylation is 1. The minimum atomic E-state index is -1.01.